The molecule has 0 aliphatic carbocycles. The molecule has 2 rings (SSSR count). The largest absolute Gasteiger partial charge is 0.465 e. The van der Waals surface area contributed by atoms with Gasteiger partial charge in [-0.3, -0.25) is 0 Å². The lowest BCUT2D eigenvalue weighted by Crippen LogP contribution is -2.07. The lowest BCUT2D eigenvalue weighted by atomic mass is 10.1. The molecule has 4 nitrogen and oxygen atoms in total. The van der Waals surface area contributed by atoms with Crippen LogP contribution in [0.25, 0.3) is 0 Å². The van der Waals surface area contributed by atoms with Crippen molar-refractivity contribution in [2.24, 2.45) is 0 Å². The molecule has 0 radical (unpaired) electrons. The molecule has 0 fully saturated rings. The minimum atomic E-state index is -0.504. The first-order valence-electron chi connectivity index (χ1n) is 5.93. The predicted molar refractivity (Wildman–Crippen MR) is 78.5 cm³/mol. The van der Waals surface area contributed by atoms with Gasteiger partial charge in [0, 0.05) is 5.69 Å². The Morgan fingerprint density at radius 2 is 1.95 bits per heavy atom. The highest BCUT2D eigenvalue weighted by molar-refractivity contribution is 6.32. The highest BCUT2D eigenvalue weighted by atomic mass is 35.5. The average Bonchev–Trinajstić information content (AvgIpc) is 2.44. The van der Waals surface area contributed by atoms with Gasteiger partial charge in [0.15, 0.2) is 0 Å². The van der Waals surface area contributed by atoms with Crippen LogP contribution in [0.1, 0.15) is 15.9 Å². The normalized spacial score (nSPS) is 10.2. The van der Waals surface area contributed by atoms with Crippen LogP contribution >= 0.6 is 11.6 Å². The predicted octanol–water partition coefficient (Wildman–Crippen LogP) is 3.81. The fourth-order valence-electron chi connectivity index (χ4n) is 1.76. The maximum absolute atomic E-state index is 11.7. The molecule has 5 heteroatoms. The van der Waals surface area contributed by atoms with Crippen LogP contribution in [-0.4, -0.2) is 13.1 Å². The molecule has 0 aromatic heterocycles. The lowest BCUT2D eigenvalue weighted by Gasteiger charge is -2.12. The number of esters is 1. The second-order valence-corrected chi connectivity index (χ2v) is 4.63. The van der Waals surface area contributed by atoms with Gasteiger partial charge in [-0.1, -0.05) is 23.7 Å². The van der Waals surface area contributed by atoms with E-state index in [2.05, 4.69) is 0 Å². The third kappa shape index (κ3) is 2.86. The molecule has 104 valence electrons. The van der Waals surface area contributed by atoms with Gasteiger partial charge < -0.3 is 15.2 Å². The van der Waals surface area contributed by atoms with Gasteiger partial charge in [-0.25, -0.2) is 4.79 Å². The number of carbonyl (C=O) groups excluding carboxylic acids is 1. The van der Waals surface area contributed by atoms with E-state index in [0.29, 0.717) is 22.2 Å². The third-order valence-corrected chi connectivity index (χ3v) is 3.14. The summed E-state index contributed by atoms with van der Waals surface area (Å²) in [5, 5.41) is 0.488. The van der Waals surface area contributed by atoms with E-state index in [1.165, 1.54) is 13.2 Å². The zero-order valence-corrected chi connectivity index (χ0v) is 11.9. The Kier molecular flexibility index (Phi) is 4.15. The van der Waals surface area contributed by atoms with Gasteiger partial charge in [0.1, 0.15) is 11.5 Å². The molecule has 2 aromatic rings. The zero-order valence-electron chi connectivity index (χ0n) is 11.1. The summed E-state index contributed by atoms with van der Waals surface area (Å²) in [6.45, 7) is 1.79. The zero-order chi connectivity index (χ0) is 14.7. The van der Waals surface area contributed by atoms with E-state index in [4.69, 9.17) is 26.8 Å². The number of halogens is 1. The van der Waals surface area contributed by atoms with Gasteiger partial charge in [-0.15, -0.1) is 0 Å². The molecule has 2 aromatic carbocycles. The van der Waals surface area contributed by atoms with Crippen LogP contribution in [0.5, 0.6) is 11.5 Å². The Hall–Kier alpha value is -2.20. The van der Waals surface area contributed by atoms with Crippen molar-refractivity contribution < 1.29 is 14.3 Å². The minimum Gasteiger partial charge on any atom is -0.465 e. The van der Waals surface area contributed by atoms with Gasteiger partial charge in [0.25, 0.3) is 0 Å². The van der Waals surface area contributed by atoms with Crippen molar-refractivity contribution in [2.75, 3.05) is 12.8 Å². The molecule has 0 atom stereocenters. The topological polar surface area (TPSA) is 61.5 Å². The molecule has 0 saturated carbocycles. The fourth-order valence-corrected chi connectivity index (χ4v) is 1.93. The Bertz CT molecular complexity index is 656. The molecule has 0 amide bonds. The van der Waals surface area contributed by atoms with Crippen molar-refractivity contribution in [3.05, 3.63) is 52.5 Å². The Morgan fingerprint density at radius 3 is 2.60 bits per heavy atom. The summed E-state index contributed by atoms with van der Waals surface area (Å²) in [6.07, 6.45) is 0. The average molecular weight is 292 g/mol. The van der Waals surface area contributed by atoms with Crippen molar-refractivity contribution >= 4 is 23.3 Å². The van der Waals surface area contributed by atoms with E-state index >= 15 is 0 Å². The van der Waals surface area contributed by atoms with E-state index < -0.39 is 5.97 Å². The molecule has 20 heavy (non-hydrogen) atoms. The third-order valence-electron chi connectivity index (χ3n) is 2.83. The number of ether oxygens (including phenoxy) is 2. The van der Waals surface area contributed by atoms with Crippen molar-refractivity contribution in [2.45, 2.75) is 6.92 Å². The van der Waals surface area contributed by atoms with Crippen molar-refractivity contribution in [1.82, 2.24) is 0 Å². The fraction of sp³-hybridized carbons (Fsp3) is 0.133. The number of anilines is 1. The van der Waals surface area contributed by atoms with Gasteiger partial charge in [0.2, 0.25) is 0 Å². The van der Waals surface area contributed by atoms with Gasteiger partial charge in [-0.05, 0) is 36.8 Å². The summed E-state index contributed by atoms with van der Waals surface area (Å²) in [7, 11) is 1.30. The number of aryl methyl sites for hydroxylation is 1. The molecule has 0 unspecified atom stereocenters. The van der Waals surface area contributed by atoms with Crippen LogP contribution in [0.4, 0.5) is 5.69 Å². The van der Waals surface area contributed by atoms with E-state index in [0.717, 1.165) is 5.56 Å². The van der Waals surface area contributed by atoms with Crippen LogP contribution in [0.2, 0.25) is 5.02 Å². The van der Waals surface area contributed by atoms with E-state index in [1.807, 2.05) is 12.1 Å². The summed E-state index contributed by atoms with van der Waals surface area (Å²) in [4.78, 5) is 11.7. The van der Waals surface area contributed by atoms with Crippen molar-refractivity contribution in [3.63, 3.8) is 0 Å². The maximum atomic E-state index is 11.7. The van der Waals surface area contributed by atoms with Crippen LogP contribution in [0.3, 0.4) is 0 Å². The molecule has 0 heterocycles. The lowest BCUT2D eigenvalue weighted by molar-refractivity contribution is 0.0601. The highest BCUT2D eigenvalue weighted by Crippen LogP contribution is 2.32. The standard InChI is InChI=1S/C15H14ClNO3/c1-9-7-10(8-11(14(9)17)15(18)19-2)20-13-6-4-3-5-12(13)16/h3-8H,17H2,1-2H3. The maximum Gasteiger partial charge on any atom is 0.340 e. The molecular weight excluding hydrogens is 278 g/mol. The SMILES string of the molecule is COC(=O)c1cc(Oc2ccccc2Cl)cc(C)c1N. The number of hydrogen-bond acceptors (Lipinski definition) is 4. The summed E-state index contributed by atoms with van der Waals surface area (Å²) in [5.74, 6) is 0.481. The second kappa shape index (κ2) is 5.84. The van der Waals surface area contributed by atoms with Crippen LogP contribution in [0.15, 0.2) is 36.4 Å². The summed E-state index contributed by atoms with van der Waals surface area (Å²) >= 11 is 6.03. The van der Waals surface area contributed by atoms with Crippen molar-refractivity contribution in [3.8, 4) is 11.5 Å². The second-order valence-electron chi connectivity index (χ2n) is 4.23. The Morgan fingerprint density at radius 1 is 1.25 bits per heavy atom. The van der Waals surface area contributed by atoms with Gasteiger partial charge in [-0.2, -0.15) is 0 Å². The van der Waals surface area contributed by atoms with Crippen LogP contribution in [0, 0.1) is 6.92 Å². The summed E-state index contributed by atoms with van der Waals surface area (Å²) in [6, 6.07) is 10.4. The first-order chi connectivity index (χ1) is 9.52. The van der Waals surface area contributed by atoms with Crippen molar-refractivity contribution in [1.29, 1.82) is 0 Å². The number of rotatable bonds is 3. The van der Waals surface area contributed by atoms with Crippen LogP contribution < -0.4 is 10.5 Å². The Balaban J connectivity index is 2.41. The van der Waals surface area contributed by atoms with E-state index in [-0.39, 0.29) is 5.56 Å². The first kappa shape index (κ1) is 14.2. The van der Waals surface area contributed by atoms with Crippen LogP contribution in [-0.2, 0) is 4.74 Å². The molecule has 0 saturated heterocycles. The molecule has 0 bridgehead atoms. The quantitative estimate of drug-likeness (QED) is 0.690. The highest BCUT2D eigenvalue weighted by Gasteiger charge is 2.14. The molecule has 0 spiro atoms. The van der Waals surface area contributed by atoms with E-state index in [9.17, 15) is 4.79 Å². The minimum absolute atomic E-state index is 0.273. The monoisotopic (exact) mass is 291 g/mol. The van der Waals surface area contributed by atoms with E-state index in [1.54, 1.807) is 25.1 Å². The smallest absolute Gasteiger partial charge is 0.340 e. The number of nitrogens with two attached hydrogens (primary N) is 1. The number of methoxy groups -OCH3 is 1. The first-order valence-corrected chi connectivity index (χ1v) is 6.31. The molecular formula is C15H14ClNO3. The molecule has 2 N–H and O–H groups in total. The van der Waals surface area contributed by atoms with Gasteiger partial charge >= 0.3 is 5.97 Å². The summed E-state index contributed by atoms with van der Waals surface area (Å²) in [5.41, 5.74) is 7.25. The van der Waals surface area contributed by atoms with Gasteiger partial charge in [0.05, 0.1) is 17.7 Å². The number of para-hydroxylation sites is 1. The number of carbonyl (C=O) groups is 1. The number of benzene rings is 2. The number of nitrogen functional groups attached to an aromatic ring is 1. The number of hydrogen-bond donors (Lipinski definition) is 1. The summed E-state index contributed by atoms with van der Waals surface area (Å²) < 4.78 is 10.4. The molecule has 0 aliphatic rings. The Labute approximate surface area is 122 Å². The molecule has 0 aliphatic heterocycles.